The standard InChI is InChI=1S/C12H9Cl2F4N3/c1-2-19-9-6-3-5(13)4-7(14)8(6)20-11(21-9)12(17,18)10(15)16/h3-4,10H,2H2,1H3,(H,19,20,21). The first kappa shape index (κ1) is 16.0. The number of hydrogen-bond acceptors (Lipinski definition) is 3. The van der Waals surface area contributed by atoms with Crippen LogP contribution in [0.5, 0.6) is 0 Å². The molecule has 1 aromatic heterocycles. The topological polar surface area (TPSA) is 37.8 Å². The van der Waals surface area contributed by atoms with Crippen molar-refractivity contribution in [1.82, 2.24) is 9.97 Å². The summed E-state index contributed by atoms with van der Waals surface area (Å²) >= 11 is 11.7. The molecule has 1 N–H and O–H groups in total. The quantitative estimate of drug-likeness (QED) is 0.817. The molecular formula is C12H9Cl2F4N3. The summed E-state index contributed by atoms with van der Waals surface area (Å²) in [4.78, 5) is 6.98. The normalized spacial score (nSPS) is 12.2. The molecule has 0 aliphatic carbocycles. The summed E-state index contributed by atoms with van der Waals surface area (Å²) in [5, 5.41) is 3.22. The van der Waals surface area contributed by atoms with Gasteiger partial charge in [0, 0.05) is 17.0 Å². The van der Waals surface area contributed by atoms with Gasteiger partial charge in [-0.15, -0.1) is 0 Å². The Morgan fingerprint density at radius 2 is 1.90 bits per heavy atom. The first-order chi connectivity index (χ1) is 9.77. The lowest BCUT2D eigenvalue weighted by Gasteiger charge is -2.16. The molecule has 3 nitrogen and oxygen atoms in total. The van der Waals surface area contributed by atoms with Crippen molar-refractivity contribution in [1.29, 1.82) is 0 Å². The lowest BCUT2D eigenvalue weighted by molar-refractivity contribution is -0.140. The van der Waals surface area contributed by atoms with E-state index < -0.39 is 18.2 Å². The predicted octanol–water partition coefficient (Wildman–Crippen LogP) is 4.73. The molecule has 1 aromatic carbocycles. The van der Waals surface area contributed by atoms with Crippen LogP contribution >= 0.6 is 23.2 Å². The molecule has 0 amide bonds. The third kappa shape index (κ3) is 2.98. The summed E-state index contributed by atoms with van der Waals surface area (Å²) in [6.07, 6.45) is -3.92. The molecule has 0 aliphatic heterocycles. The van der Waals surface area contributed by atoms with Gasteiger partial charge < -0.3 is 5.32 Å². The van der Waals surface area contributed by atoms with E-state index in [0.29, 0.717) is 6.54 Å². The number of aromatic nitrogens is 2. The number of benzene rings is 1. The van der Waals surface area contributed by atoms with Crippen molar-refractivity contribution in [3.05, 3.63) is 28.0 Å². The molecular weight excluding hydrogens is 333 g/mol. The van der Waals surface area contributed by atoms with Crippen molar-refractivity contribution < 1.29 is 17.6 Å². The molecule has 0 spiro atoms. The third-order valence-electron chi connectivity index (χ3n) is 2.64. The zero-order chi connectivity index (χ0) is 15.8. The van der Waals surface area contributed by atoms with Crippen LogP contribution in [-0.2, 0) is 5.92 Å². The minimum atomic E-state index is -4.47. The Labute approximate surface area is 127 Å². The van der Waals surface area contributed by atoms with Gasteiger partial charge in [-0.25, -0.2) is 18.7 Å². The molecule has 0 unspecified atom stereocenters. The van der Waals surface area contributed by atoms with Gasteiger partial charge in [0.25, 0.3) is 0 Å². The Morgan fingerprint density at radius 3 is 2.48 bits per heavy atom. The van der Waals surface area contributed by atoms with Gasteiger partial charge in [0.1, 0.15) is 5.82 Å². The second kappa shape index (κ2) is 5.81. The molecule has 0 aliphatic rings. The highest BCUT2D eigenvalue weighted by molar-refractivity contribution is 6.38. The van der Waals surface area contributed by atoms with Crippen molar-refractivity contribution in [2.45, 2.75) is 19.3 Å². The van der Waals surface area contributed by atoms with Crippen LogP contribution in [0, 0.1) is 0 Å². The average Bonchev–Trinajstić information content (AvgIpc) is 2.39. The van der Waals surface area contributed by atoms with Crippen LogP contribution < -0.4 is 5.32 Å². The third-order valence-corrected chi connectivity index (χ3v) is 3.14. The molecule has 9 heteroatoms. The summed E-state index contributed by atoms with van der Waals surface area (Å²) in [7, 11) is 0. The van der Waals surface area contributed by atoms with E-state index in [2.05, 4.69) is 15.3 Å². The Morgan fingerprint density at radius 1 is 1.24 bits per heavy atom. The lowest BCUT2D eigenvalue weighted by Crippen LogP contribution is -2.27. The Kier molecular flexibility index (Phi) is 4.43. The van der Waals surface area contributed by atoms with Gasteiger partial charge in [-0.2, -0.15) is 8.78 Å². The number of hydrogen-bond donors (Lipinski definition) is 1. The summed E-state index contributed by atoms with van der Waals surface area (Å²) in [6, 6.07) is 2.71. The van der Waals surface area contributed by atoms with Gasteiger partial charge in [-0.3, -0.25) is 0 Å². The fourth-order valence-corrected chi connectivity index (χ4v) is 2.24. The van der Waals surface area contributed by atoms with Gasteiger partial charge in [-0.05, 0) is 19.1 Å². The molecule has 0 fully saturated rings. The van der Waals surface area contributed by atoms with Crippen molar-refractivity contribution >= 4 is 39.9 Å². The smallest absolute Gasteiger partial charge is 0.365 e. The van der Waals surface area contributed by atoms with E-state index in [4.69, 9.17) is 23.2 Å². The van der Waals surface area contributed by atoms with Gasteiger partial charge in [-0.1, -0.05) is 23.2 Å². The van der Waals surface area contributed by atoms with Crippen LogP contribution in [-0.4, -0.2) is 22.9 Å². The second-order valence-corrected chi connectivity index (χ2v) is 4.98. The minimum Gasteiger partial charge on any atom is -0.370 e. The Hall–Kier alpha value is -1.34. The molecule has 2 rings (SSSR count). The monoisotopic (exact) mass is 341 g/mol. The highest BCUT2D eigenvalue weighted by Crippen LogP contribution is 2.37. The van der Waals surface area contributed by atoms with Crippen molar-refractivity contribution in [2.75, 3.05) is 11.9 Å². The highest BCUT2D eigenvalue weighted by Gasteiger charge is 2.46. The van der Waals surface area contributed by atoms with E-state index in [1.807, 2.05) is 0 Å². The summed E-state index contributed by atoms with van der Waals surface area (Å²) < 4.78 is 51.9. The number of halogens is 6. The lowest BCUT2D eigenvalue weighted by atomic mass is 10.2. The Bertz CT molecular complexity index is 679. The number of alkyl halides is 4. The van der Waals surface area contributed by atoms with Crippen LogP contribution in [0.3, 0.4) is 0 Å². The van der Waals surface area contributed by atoms with E-state index >= 15 is 0 Å². The fraction of sp³-hybridized carbons (Fsp3) is 0.333. The van der Waals surface area contributed by atoms with Gasteiger partial charge in [0.05, 0.1) is 10.5 Å². The van der Waals surface area contributed by atoms with Crippen molar-refractivity contribution in [3.63, 3.8) is 0 Å². The maximum atomic E-state index is 13.5. The first-order valence-corrected chi connectivity index (χ1v) is 6.60. The first-order valence-electron chi connectivity index (χ1n) is 5.84. The maximum Gasteiger partial charge on any atom is 0.365 e. The molecule has 21 heavy (non-hydrogen) atoms. The summed E-state index contributed by atoms with van der Waals surface area (Å²) in [5.74, 6) is -5.78. The maximum absolute atomic E-state index is 13.5. The molecule has 0 atom stereocenters. The number of nitrogens with one attached hydrogen (secondary N) is 1. The van der Waals surface area contributed by atoms with Crippen molar-refractivity contribution in [2.24, 2.45) is 0 Å². The number of nitrogens with zero attached hydrogens (tertiary/aromatic N) is 2. The van der Waals surface area contributed by atoms with Gasteiger partial charge in [0.15, 0.2) is 0 Å². The van der Waals surface area contributed by atoms with Crippen LogP contribution in [0.2, 0.25) is 10.0 Å². The van der Waals surface area contributed by atoms with Gasteiger partial charge in [0.2, 0.25) is 5.82 Å². The molecule has 0 saturated heterocycles. The summed E-state index contributed by atoms with van der Waals surface area (Å²) in [6.45, 7) is 2.04. The second-order valence-electron chi connectivity index (χ2n) is 4.13. The van der Waals surface area contributed by atoms with E-state index in [1.165, 1.54) is 12.1 Å². The van der Waals surface area contributed by atoms with E-state index in [0.717, 1.165) is 0 Å². The molecule has 0 bridgehead atoms. The van der Waals surface area contributed by atoms with Crippen LogP contribution in [0.4, 0.5) is 23.4 Å². The molecule has 114 valence electrons. The van der Waals surface area contributed by atoms with Crippen LogP contribution in [0.1, 0.15) is 12.7 Å². The number of rotatable bonds is 4. The predicted molar refractivity (Wildman–Crippen MR) is 73.6 cm³/mol. The highest BCUT2D eigenvalue weighted by atomic mass is 35.5. The number of anilines is 1. The molecule has 2 aromatic rings. The average molecular weight is 342 g/mol. The van der Waals surface area contributed by atoms with E-state index in [1.54, 1.807) is 6.92 Å². The van der Waals surface area contributed by atoms with Crippen molar-refractivity contribution in [3.8, 4) is 0 Å². The number of fused-ring (bicyclic) bond motifs is 1. The van der Waals surface area contributed by atoms with E-state index in [-0.39, 0.29) is 26.8 Å². The molecule has 0 saturated carbocycles. The van der Waals surface area contributed by atoms with Gasteiger partial charge >= 0.3 is 12.3 Å². The SMILES string of the molecule is CCNc1nc(C(F)(F)C(F)F)nc2c(Cl)cc(Cl)cc12. The minimum absolute atomic E-state index is 0.0228. The molecule has 1 heterocycles. The van der Waals surface area contributed by atoms with E-state index in [9.17, 15) is 17.6 Å². The van der Waals surface area contributed by atoms with Crippen LogP contribution in [0.15, 0.2) is 12.1 Å². The Balaban J connectivity index is 2.77. The molecule has 0 radical (unpaired) electrons. The zero-order valence-corrected chi connectivity index (χ0v) is 12.1. The fourth-order valence-electron chi connectivity index (χ4n) is 1.71. The largest absolute Gasteiger partial charge is 0.370 e. The summed E-state index contributed by atoms with van der Waals surface area (Å²) in [5.41, 5.74) is -0.0673. The zero-order valence-electron chi connectivity index (χ0n) is 10.6. The van der Waals surface area contributed by atoms with Crippen LogP contribution in [0.25, 0.3) is 10.9 Å².